The minimum absolute atomic E-state index is 0.0417. The van der Waals surface area contributed by atoms with E-state index in [-0.39, 0.29) is 6.41 Å². The highest BCUT2D eigenvalue weighted by Gasteiger charge is 2.17. The summed E-state index contributed by atoms with van der Waals surface area (Å²) in [6, 6.07) is -3.07. The lowest BCUT2D eigenvalue weighted by molar-refractivity contribution is -0.118. The van der Waals surface area contributed by atoms with Gasteiger partial charge in [0, 0.05) is 6.92 Å². The topological polar surface area (TPSA) is 29.1 Å². The second-order valence-electron chi connectivity index (χ2n) is 1.15. The van der Waals surface area contributed by atoms with Crippen molar-refractivity contribution >= 4 is 6.41 Å². The first kappa shape index (κ1) is 6.33. The molecule has 0 aromatic rings. The number of hydrogen-bond donors (Lipinski definition) is 1. The van der Waals surface area contributed by atoms with Crippen molar-refractivity contribution in [2.75, 3.05) is 0 Å². The maximum absolute atomic E-state index is 11.4. The van der Waals surface area contributed by atoms with Crippen LogP contribution in [0, 0.1) is 0 Å². The summed E-state index contributed by atoms with van der Waals surface area (Å²) in [7, 11) is 0. The SMILES string of the molecule is CC(F)(F)NC=O. The third kappa shape index (κ3) is 5.33. The van der Waals surface area contributed by atoms with Gasteiger partial charge >= 0.3 is 6.05 Å². The molecular weight excluding hydrogens is 104 g/mol. The van der Waals surface area contributed by atoms with Gasteiger partial charge in [0.15, 0.2) is 0 Å². The Bertz CT molecular complexity index is 67.8. The molecule has 7 heavy (non-hydrogen) atoms. The third-order valence-corrected chi connectivity index (χ3v) is 0.312. The molecule has 1 N–H and O–H groups in total. The first-order valence-electron chi connectivity index (χ1n) is 1.65. The fraction of sp³-hybridized carbons (Fsp3) is 0.667. The molecular formula is C3H5F2NO. The molecule has 0 radical (unpaired) electrons. The molecule has 0 saturated carbocycles. The zero-order valence-electron chi connectivity index (χ0n) is 3.74. The van der Waals surface area contributed by atoms with Crippen LogP contribution in [-0.4, -0.2) is 12.5 Å². The van der Waals surface area contributed by atoms with Crippen LogP contribution in [0.5, 0.6) is 0 Å². The molecule has 0 aliphatic rings. The molecule has 0 unspecified atom stereocenters. The van der Waals surface area contributed by atoms with Gasteiger partial charge in [0.2, 0.25) is 6.41 Å². The van der Waals surface area contributed by atoms with Gasteiger partial charge in [-0.05, 0) is 0 Å². The molecule has 0 aromatic carbocycles. The highest BCUT2D eigenvalue weighted by molar-refractivity contribution is 5.46. The van der Waals surface area contributed by atoms with Crippen molar-refractivity contribution in [3.05, 3.63) is 0 Å². The molecule has 0 heterocycles. The van der Waals surface area contributed by atoms with Crippen LogP contribution in [0.25, 0.3) is 0 Å². The Morgan fingerprint density at radius 1 is 1.71 bits per heavy atom. The lowest BCUT2D eigenvalue weighted by Crippen LogP contribution is -2.31. The Kier molecular flexibility index (Phi) is 1.68. The van der Waals surface area contributed by atoms with Gasteiger partial charge in [-0.1, -0.05) is 0 Å². The first-order chi connectivity index (χ1) is 3.06. The number of halogens is 2. The van der Waals surface area contributed by atoms with Crippen LogP contribution in [0.1, 0.15) is 6.92 Å². The van der Waals surface area contributed by atoms with Crippen molar-refractivity contribution in [2.45, 2.75) is 13.0 Å². The van der Waals surface area contributed by atoms with Crippen LogP contribution in [-0.2, 0) is 4.79 Å². The molecule has 0 saturated heterocycles. The smallest absolute Gasteiger partial charge is 0.300 e. The molecule has 42 valence electrons. The van der Waals surface area contributed by atoms with Crippen LogP contribution in [0.15, 0.2) is 0 Å². The van der Waals surface area contributed by atoms with Crippen molar-refractivity contribution < 1.29 is 13.6 Å². The molecule has 1 amide bonds. The van der Waals surface area contributed by atoms with E-state index in [0.717, 1.165) is 0 Å². The van der Waals surface area contributed by atoms with E-state index in [1.54, 1.807) is 0 Å². The minimum Gasteiger partial charge on any atom is -0.300 e. The minimum atomic E-state index is -3.07. The number of carbonyl (C=O) groups excluding carboxylic acids is 1. The monoisotopic (exact) mass is 109 g/mol. The second-order valence-corrected chi connectivity index (χ2v) is 1.15. The fourth-order valence-corrected chi connectivity index (χ4v) is 0.103. The second kappa shape index (κ2) is 1.86. The molecule has 0 bridgehead atoms. The maximum atomic E-state index is 11.4. The largest absolute Gasteiger partial charge is 0.322 e. The number of rotatable bonds is 2. The lowest BCUT2D eigenvalue weighted by atomic mass is 10.6. The van der Waals surface area contributed by atoms with E-state index in [0.29, 0.717) is 6.92 Å². The van der Waals surface area contributed by atoms with E-state index in [4.69, 9.17) is 0 Å². The summed E-state index contributed by atoms with van der Waals surface area (Å²) in [6.07, 6.45) is -0.0417. The third-order valence-electron chi connectivity index (χ3n) is 0.312. The molecule has 2 nitrogen and oxygen atoms in total. The average Bonchev–Trinajstić information content (AvgIpc) is 1.30. The molecule has 0 aliphatic heterocycles. The molecule has 0 rings (SSSR count). The van der Waals surface area contributed by atoms with Gasteiger partial charge < -0.3 is 5.32 Å². The normalized spacial score (nSPS) is 10.7. The number of hydrogen-bond acceptors (Lipinski definition) is 1. The van der Waals surface area contributed by atoms with Crippen molar-refractivity contribution in [3.8, 4) is 0 Å². The van der Waals surface area contributed by atoms with Crippen LogP contribution in [0.3, 0.4) is 0 Å². The molecule has 0 aromatic heterocycles. The molecule has 0 fully saturated rings. The fourth-order valence-electron chi connectivity index (χ4n) is 0.103. The Balaban J connectivity index is 3.34. The zero-order valence-corrected chi connectivity index (χ0v) is 3.74. The summed E-state index contributed by atoms with van der Waals surface area (Å²) in [4.78, 5) is 9.23. The zero-order chi connectivity index (χ0) is 5.91. The average molecular weight is 109 g/mol. The number of amides is 1. The van der Waals surface area contributed by atoms with Crippen LogP contribution in [0.4, 0.5) is 8.78 Å². The van der Waals surface area contributed by atoms with Crippen LogP contribution < -0.4 is 5.32 Å². The molecule has 0 atom stereocenters. The van der Waals surface area contributed by atoms with E-state index >= 15 is 0 Å². The van der Waals surface area contributed by atoms with Gasteiger partial charge in [0.25, 0.3) is 0 Å². The maximum Gasteiger partial charge on any atom is 0.322 e. The van der Waals surface area contributed by atoms with Gasteiger partial charge in [-0.2, -0.15) is 8.78 Å². The quantitative estimate of drug-likeness (QED) is 0.402. The summed E-state index contributed by atoms with van der Waals surface area (Å²) in [5, 5.41) is 1.27. The number of alkyl halides is 2. The number of nitrogens with one attached hydrogen (secondary N) is 1. The van der Waals surface area contributed by atoms with Gasteiger partial charge in [0.05, 0.1) is 0 Å². The summed E-state index contributed by atoms with van der Waals surface area (Å²) >= 11 is 0. The van der Waals surface area contributed by atoms with Gasteiger partial charge in [-0.25, -0.2) is 0 Å². The summed E-state index contributed by atoms with van der Waals surface area (Å²) < 4.78 is 22.8. The van der Waals surface area contributed by atoms with Crippen LogP contribution in [0.2, 0.25) is 0 Å². The summed E-state index contributed by atoms with van der Waals surface area (Å²) in [5.41, 5.74) is 0. The predicted molar refractivity (Wildman–Crippen MR) is 19.8 cm³/mol. The van der Waals surface area contributed by atoms with Crippen LogP contribution >= 0.6 is 0 Å². The van der Waals surface area contributed by atoms with E-state index in [1.165, 1.54) is 5.32 Å². The molecule has 0 spiro atoms. The summed E-state index contributed by atoms with van der Waals surface area (Å²) in [6.45, 7) is 0.599. The predicted octanol–water partition coefficient (Wildman–Crippen LogP) is 0.345. The highest BCUT2D eigenvalue weighted by atomic mass is 19.3. The molecule has 4 heteroatoms. The van der Waals surface area contributed by atoms with Gasteiger partial charge in [-0.3, -0.25) is 4.79 Å². The molecule has 0 aliphatic carbocycles. The Labute approximate surface area is 39.5 Å². The van der Waals surface area contributed by atoms with E-state index in [1.807, 2.05) is 0 Å². The Hall–Kier alpha value is -0.670. The van der Waals surface area contributed by atoms with E-state index in [9.17, 15) is 13.6 Å². The van der Waals surface area contributed by atoms with E-state index in [2.05, 4.69) is 0 Å². The summed E-state index contributed by atoms with van der Waals surface area (Å²) in [5.74, 6) is 0. The lowest BCUT2D eigenvalue weighted by Gasteiger charge is -2.04. The van der Waals surface area contributed by atoms with Crippen molar-refractivity contribution in [1.29, 1.82) is 0 Å². The Morgan fingerprint density at radius 3 is 2.14 bits per heavy atom. The number of carbonyl (C=O) groups is 1. The standard InChI is InChI=1S/C3H5F2NO/c1-3(4,5)6-2-7/h2H,1H3,(H,6,7). The van der Waals surface area contributed by atoms with E-state index < -0.39 is 6.05 Å². The first-order valence-corrected chi connectivity index (χ1v) is 1.65. The van der Waals surface area contributed by atoms with Crippen molar-refractivity contribution in [2.24, 2.45) is 0 Å². The Morgan fingerprint density at radius 2 is 2.14 bits per heavy atom. The van der Waals surface area contributed by atoms with Gasteiger partial charge in [-0.15, -0.1) is 0 Å². The van der Waals surface area contributed by atoms with Crippen molar-refractivity contribution in [3.63, 3.8) is 0 Å². The highest BCUT2D eigenvalue weighted by Crippen LogP contribution is 2.02. The van der Waals surface area contributed by atoms with Gasteiger partial charge in [0.1, 0.15) is 0 Å². The van der Waals surface area contributed by atoms with Crippen molar-refractivity contribution in [1.82, 2.24) is 5.32 Å².